The van der Waals surface area contributed by atoms with Crippen LogP contribution in [0, 0.1) is 17.6 Å². The van der Waals surface area contributed by atoms with Crippen molar-refractivity contribution in [1.82, 2.24) is 4.90 Å². The monoisotopic (exact) mass is 374 g/mol. The molecule has 1 saturated carbocycles. The van der Waals surface area contributed by atoms with Crippen molar-refractivity contribution in [2.24, 2.45) is 11.7 Å². The molecule has 1 heterocycles. The third kappa shape index (κ3) is 3.46. The van der Waals surface area contributed by atoms with Crippen molar-refractivity contribution >= 4 is 5.91 Å². The summed E-state index contributed by atoms with van der Waals surface area (Å²) in [6, 6.07) is 9.16. The Hall–Kier alpha value is -2.34. The van der Waals surface area contributed by atoms with E-state index in [2.05, 4.69) is 0 Å². The van der Waals surface area contributed by atoms with Gasteiger partial charge >= 0.3 is 0 Å². The zero-order valence-corrected chi connectivity index (χ0v) is 14.7. The maximum Gasteiger partial charge on any atom is 0.226 e. The van der Waals surface area contributed by atoms with Gasteiger partial charge in [0.2, 0.25) is 5.91 Å². The molecule has 3 nitrogen and oxygen atoms in total. The van der Waals surface area contributed by atoms with E-state index in [0.717, 1.165) is 12.8 Å². The molecule has 0 spiro atoms. The van der Waals surface area contributed by atoms with Crippen molar-refractivity contribution in [2.45, 2.75) is 37.5 Å². The standard InChI is InChI=1S/C21H21F3N2O/c22-15-5-1-3-13(9-15)16-6-2-4-14(19(16)24)10-18-20(25)17(23)11-26(18)21(27)12-7-8-12/h1-6,9,12,17-18,20H,7-8,10-11,25H2/t17-,18-,20-/m0/s1. The molecule has 0 radical (unpaired) electrons. The molecule has 1 amide bonds. The number of nitrogens with two attached hydrogens (primary N) is 1. The van der Waals surface area contributed by atoms with Gasteiger partial charge in [-0.2, -0.15) is 0 Å². The molecule has 1 aliphatic heterocycles. The zero-order chi connectivity index (χ0) is 19.1. The van der Waals surface area contributed by atoms with Gasteiger partial charge in [-0.15, -0.1) is 0 Å². The summed E-state index contributed by atoms with van der Waals surface area (Å²) < 4.78 is 42.8. The van der Waals surface area contributed by atoms with Gasteiger partial charge in [0.1, 0.15) is 17.8 Å². The summed E-state index contributed by atoms with van der Waals surface area (Å²) in [5.41, 5.74) is 7.05. The average Bonchev–Trinajstić information content (AvgIpc) is 3.46. The highest BCUT2D eigenvalue weighted by atomic mass is 19.1. The number of alkyl halides is 1. The fraction of sp³-hybridized carbons (Fsp3) is 0.381. The third-order valence-electron chi connectivity index (χ3n) is 5.49. The van der Waals surface area contributed by atoms with Gasteiger partial charge in [-0.05, 0) is 42.5 Å². The predicted octanol–water partition coefficient (Wildman–Crippen LogP) is 3.46. The molecule has 4 rings (SSSR count). The van der Waals surface area contributed by atoms with Gasteiger partial charge in [-0.1, -0.05) is 30.3 Å². The maximum atomic E-state index is 15.1. The van der Waals surface area contributed by atoms with E-state index in [1.807, 2.05) is 0 Å². The van der Waals surface area contributed by atoms with Crippen LogP contribution in [0.3, 0.4) is 0 Å². The lowest BCUT2D eigenvalue weighted by molar-refractivity contribution is -0.133. The van der Waals surface area contributed by atoms with E-state index in [9.17, 15) is 13.6 Å². The Labute approximate surface area is 156 Å². The number of rotatable bonds is 4. The molecule has 0 unspecified atom stereocenters. The van der Waals surface area contributed by atoms with Crippen LogP contribution in [0.4, 0.5) is 13.2 Å². The van der Waals surface area contributed by atoms with E-state index in [4.69, 9.17) is 5.73 Å². The van der Waals surface area contributed by atoms with Gasteiger partial charge in [0.15, 0.2) is 0 Å². The molecule has 2 N–H and O–H groups in total. The molecule has 0 bridgehead atoms. The van der Waals surface area contributed by atoms with Crippen LogP contribution in [0.5, 0.6) is 0 Å². The Morgan fingerprint density at radius 3 is 2.59 bits per heavy atom. The predicted molar refractivity (Wildman–Crippen MR) is 96.6 cm³/mol. The van der Waals surface area contributed by atoms with Gasteiger partial charge in [0, 0.05) is 11.5 Å². The van der Waals surface area contributed by atoms with Crippen LogP contribution in [0.15, 0.2) is 42.5 Å². The molecular formula is C21H21F3N2O. The SMILES string of the molecule is N[C@H]1[C@@H](F)CN(C(=O)C2CC2)[C@H]1Cc1cccc(-c2cccc(F)c2)c1F. The van der Waals surface area contributed by atoms with Crippen molar-refractivity contribution < 1.29 is 18.0 Å². The van der Waals surface area contributed by atoms with Crippen LogP contribution in [-0.2, 0) is 11.2 Å². The first kappa shape index (κ1) is 18.0. The van der Waals surface area contributed by atoms with Crippen LogP contribution in [0.1, 0.15) is 18.4 Å². The molecule has 6 heteroatoms. The van der Waals surface area contributed by atoms with Crippen LogP contribution >= 0.6 is 0 Å². The minimum atomic E-state index is -1.31. The highest BCUT2D eigenvalue weighted by molar-refractivity contribution is 5.82. The molecule has 27 heavy (non-hydrogen) atoms. The van der Waals surface area contributed by atoms with Gasteiger partial charge in [0.05, 0.1) is 18.6 Å². The Bertz CT molecular complexity index is 868. The van der Waals surface area contributed by atoms with E-state index in [0.29, 0.717) is 11.1 Å². The van der Waals surface area contributed by atoms with E-state index in [1.54, 1.807) is 24.3 Å². The molecule has 2 aromatic carbocycles. The number of carbonyl (C=O) groups is 1. The van der Waals surface area contributed by atoms with Crippen molar-refractivity contribution in [3.8, 4) is 11.1 Å². The summed E-state index contributed by atoms with van der Waals surface area (Å²) in [5, 5.41) is 0. The third-order valence-corrected chi connectivity index (χ3v) is 5.49. The lowest BCUT2D eigenvalue weighted by atomic mass is 9.95. The largest absolute Gasteiger partial charge is 0.334 e. The van der Waals surface area contributed by atoms with Gasteiger partial charge < -0.3 is 10.6 Å². The number of benzene rings is 2. The molecule has 3 atom stereocenters. The molecule has 1 aliphatic carbocycles. The Morgan fingerprint density at radius 1 is 1.15 bits per heavy atom. The smallest absolute Gasteiger partial charge is 0.226 e. The number of hydrogen-bond acceptors (Lipinski definition) is 2. The first-order valence-corrected chi connectivity index (χ1v) is 9.19. The van der Waals surface area contributed by atoms with Crippen LogP contribution in [-0.4, -0.2) is 35.6 Å². The van der Waals surface area contributed by atoms with Crippen LogP contribution in [0.25, 0.3) is 11.1 Å². The summed E-state index contributed by atoms with van der Waals surface area (Å²) in [7, 11) is 0. The second-order valence-electron chi connectivity index (χ2n) is 7.42. The normalized spacial score (nSPS) is 25.0. The Balaban J connectivity index is 1.63. The molecule has 2 aromatic rings. The van der Waals surface area contributed by atoms with Crippen LogP contribution in [0.2, 0.25) is 0 Å². The van der Waals surface area contributed by atoms with Crippen molar-refractivity contribution in [3.05, 3.63) is 59.7 Å². The summed E-state index contributed by atoms with van der Waals surface area (Å²) in [4.78, 5) is 14.0. The molecule has 0 aromatic heterocycles. The second-order valence-corrected chi connectivity index (χ2v) is 7.42. The highest BCUT2D eigenvalue weighted by Crippen LogP contribution is 2.35. The summed E-state index contributed by atoms with van der Waals surface area (Å²) in [6.45, 7) is -0.0353. The molecule has 1 saturated heterocycles. The minimum Gasteiger partial charge on any atom is -0.334 e. The molecule has 2 aliphatic rings. The van der Waals surface area contributed by atoms with Gasteiger partial charge in [0.25, 0.3) is 0 Å². The van der Waals surface area contributed by atoms with Gasteiger partial charge in [-0.25, -0.2) is 13.2 Å². The number of amides is 1. The number of hydrogen-bond donors (Lipinski definition) is 1. The lowest BCUT2D eigenvalue weighted by Gasteiger charge is -2.27. The van der Waals surface area contributed by atoms with Crippen molar-refractivity contribution in [2.75, 3.05) is 6.54 Å². The Kier molecular flexibility index (Phi) is 4.68. The Morgan fingerprint density at radius 2 is 1.89 bits per heavy atom. The maximum absolute atomic E-state index is 15.1. The highest BCUT2D eigenvalue weighted by Gasteiger charge is 2.46. The number of halogens is 3. The van der Waals surface area contributed by atoms with E-state index in [-0.39, 0.29) is 30.4 Å². The number of likely N-dealkylation sites (tertiary alicyclic amines) is 1. The minimum absolute atomic E-state index is 0.0353. The van der Waals surface area contributed by atoms with E-state index < -0.39 is 29.9 Å². The molecule has 2 fully saturated rings. The topological polar surface area (TPSA) is 46.3 Å². The average molecular weight is 374 g/mol. The number of carbonyl (C=O) groups excluding carboxylic acids is 1. The van der Waals surface area contributed by atoms with Gasteiger partial charge in [-0.3, -0.25) is 4.79 Å². The summed E-state index contributed by atoms with van der Waals surface area (Å²) in [6.07, 6.45) is 0.455. The van der Waals surface area contributed by atoms with Crippen LogP contribution < -0.4 is 5.73 Å². The first-order chi connectivity index (χ1) is 13.0. The van der Waals surface area contributed by atoms with Crippen molar-refractivity contribution in [3.63, 3.8) is 0 Å². The van der Waals surface area contributed by atoms with E-state index in [1.165, 1.54) is 23.1 Å². The first-order valence-electron chi connectivity index (χ1n) is 9.19. The molecule has 142 valence electrons. The zero-order valence-electron chi connectivity index (χ0n) is 14.7. The quantitative estimate of drug-likeness (QED) is 0.891. The summed E-state index contributed by atoms with van der Waals surface area (Å²) >= 11 is 0. The fourth-order valence-corrected chi connectivity index (χ4v) is 3.80. The van der Waals surface area contributed by atoms with E-state index >= 15 is 4.39 Å². The summed E-state index contributed by atoms with van der Waals surface area (Å²) in [5.74, 6) is -1.07. The molecular weight excluding hydrogens is 353 g/mol. The van der Waals surface area contributed by atoms with Crippen molar-refractivity contribution in [1.29, 1.82) is 0 Å². The fourth-order valence-electron chi connectivity index (χ4n) is 3.80. The lowest BCUT2D eigenvalue weighted by Crippen LogP contribution is -2.45. The second kappa shape index (κ2) is 7.00. The number of nitrogens with zero attached hydrogens (tertiary/aromatic N) is 1.